The maximum Gasteiger partial charge on any atom is 0.239 e. The van der Waals surface area contributed by atoms with Gasteiger partial charge in [-0.3, -0.25) is 4.79 Å². The Hall–Kier alpha value is -0.570. The van der Waals surface area contributed by atoms with E-state index in [1.807, 2.05) is 18.7 Å². The topological polar surface area (TPSA) is 46.3 Å². The van der Waals surface area contributed by atoms with Crippen LogP contribution in [0.15, 0.2) is 0 Å². The Morgan fingerprint density at radius 2 is 1.38 bits per heavy atom. The molecule has 0 saturated heterocycles. The fourth-order valence-corrected chi connectivity index (χ4v) is 1.63. The highest BCUT2D eigenvalue weighted by atomic mass is 16.2. The molecule has 0 spiro atoms. The number of rotatable bonds is 6. The van der Waals surface area contributed by atoms with Crippen molar-refractivity contribution in [3.63, 3.8) is 0 Å². The van der Waals surface area contributed by atoms with Crippen LogP contribution in [0.4, 0.5) is 0 Å². The first-order valence-corrected chi connectivity index (χ1v) is 6.30. The molecule has 0 aromatic rings. The molecule has 0 bridgehead atoms. The normalized spacial score (nSPS) is 13.6. The van der Waals surface area contributed by atoms with E-state index >= 15 is 0 Å². The summed E-state index contributed by atoms with van der Waals surface area (Å²) in [6.45, 7) is 14.1. The Bertz CT molecular complexity index is 202. The lowest BCUT2D eigenvalue weighted by Gasteiger charge is -2.30. The van der Waals surface area contributed by atoms with E-state index in [1.165, 1.54) is 0 Å². The average Bonchev–Trinajstić information content (AvgIpc) is 2.12. The Labute approximate surface area is 100 Å². The van der Waals surface area contributed by atoms with Crippen LogP contribution in [0.25, 0.3) is 0 Å². The molecule has 0 heterocycles. The van der Waals surface area contributed by atoms with Crippen molar-refractivity contribution in [1.82, 2.24) is 4.90 Å². The van der Waals surface area contributed by atoms with Crippen LogP contribution in [-0.2, 0) is 4.79 Å². The summed E-state index contributed by atoms with van der Waals surface area (Å²) in [7, 11) is 0. The van der Waals surface area contributed by atoms with Gasteiger partial charge in [-0.15, -0.1) is 0 Å². The van der Waals surface area contributed by atoms with E-state index in [-0.39, 0.29) is 17.9 Å². The van der Waals surface area contributed by atoms with E-state index in [4.69, 9.17) is 5.73 Å². The lowest BCUT2D eigenvalue weighted by atomic mass is 10.0. The first-order valence-electron chi connectivity index (χ1n) is 6.30. The van der Waals surface area contributed by atoms with Crippen LogP contribution < -0.4 is 5.73 Å². The fourth-order valence-electron chi connectivity index (χ4n) is 1.63. The molecule has 0 radical (unpaired) electrons. The maximum absolute atomic E-state index is 12.2. The molecule has 0 saturated carbocycles. The van der Waals surface area contributed by atoms with Gasteiger partial charge >= 0.3 is 0 Å². The number of carbonyl (C=O) groups is 1. The summed E-state index contributed by atoms with van der Waals surface area (Å²) < 4.78 is 0. The zero-order valence-corrected chi connectivity index (χ0v) is 11.7. The standard InChI is InChI=1S/C13H28N2O/c1-9(2)7-15(8-10(3)4)13(16)12(14)11(5)6/h9-12H,7-8,14H2,1-6H3/t12-/m1/s1. The quantitative estimate of drug-likeness (QED) is 0.757. The fraction of sp³-hybridized carbons (Fsp3) is 0.923. The lowest BCUT2D eigenvalue weighted by Crippen LogP contribution is -2.48. The summed E-state index contributed by atoms with van der Waals surface area (Å²) in [5.74, 6) is 1.27. The van der Waals surface area contributed by atoms with Gasteiger partial charge in [-0.05, 0) is 17.8 Å². The van der Waals surface area contributed by atoms with Crippen LogP contribution >= 0.6 is 0 Å². The van der Waals surface area contributed by atoms with Crippen LogP contribution in [0.1, 0.15) is 41.5 Å². The Balaban J connectivity index is 4.55. The minimum absolute atomic E-state index is 0.0948. The second kappa shape index (κ2) is 6.89. The zero-order chi connectivity index (χ0) is 12.9. The summed E-state index contributed by atoms with van der Waals surface area (Å²) in [4.78, 5) is 14.1. The number of hydrogen-bond donors (Lipinski definition) is 1. The Morgan fingerprint density at radius 1 is 1.00 bits per heavy atom. The number of nitrogens with two attached hydrogens (primary N) is 1. The smallest absolute Gasteiger partial charge is 0.239 e. The molecular weight excluding hydrogens is 200 g/mol. The molecule has 3 nitrogen and oxygen atoms in total. The monoisotopic (exact) mass is 228 g/mol. The van der Waals surface area contributed by atoms with E-state index in [0.717, 1.165) is 13.1 Å². The van der Waals surface area contributed by atoms with Crippen LogP contribution in [0.5, 0.6) is 0 Å². The second-order valence-electron chi connectivity index (χ2n) is 5.80. The molecule has 0 aliphatic carbocycles. The van der Waals surface area contributed by atoms with Crippen molar-refractivity contribution in [3.8, 4) is 0 Å². The minimum Gasteiger partial charge on any atom is -0.341 e. The SMILES string of the molecule is CC(C)CN(CC(C)C)C(=O)[C@H](N)C(C)C. The van der Waals surface area contributed by atoms with E-state index in [1.54, 1.807) is 0 Å². The molecule has 16 heavy (non-hydrogen) atoms. The van der Waals surface area contributed by atoms with Crippen molar-refractivity contribution in [2.75, 3.05) is 13.1 Å². The summed E-state index contributed by atoms with van der Waals surface area (Å²) >= 11 is 0. The molecule has 1 atom stereocenters. The van der Waals surface area contributed by atoms with Gasteiger partial charge in [0.25, 0.3) is 0 Å². The molecule has 0 aliphatic heterocycles. The number of carbonyl (C=O) groups excluding carboxylic acids is 1. The molecule has 3 heteroatoms. The van der Waals surface area contributed by atoms with Gasteiger partial charge in [-0.25, -0.2) is 0 Å². The molecule has 0 unspecified atom stereocenters. The third-order valence-corrected chi connectivity index (χ3v) is 2.49. The van der Waals surface area contributed by atoms with E-state index in [2.05, 4.69) is 27.7 Å². The van der Waals surface area contributed by atoms with Gasteiger partial charge in [0.15, 0.2) is 0 Å². The van der Waals surface area contributed by atoms with Gasteiger partial charge in [-0.2, -0.15) is 0 Å². The molecule has 0 aromatic heterocycles. The van der Waals surface area contributed by atoms with Crippen LogP contribution in [-0.4, -0.2) is 29.9 Å². The van der Waals surface area contributed by atoms with Crippen molar-refractivity contribution in [1.29, 1.82) is 0 Å². The van der Waals surface area contributed by atoms with Gasteiger partial charge in [-0.1, -0.05) is 41.5 Å². The third kappa shape index (κ3) is 5.50. The van der Waals surface area contributed by atoms with E-state index < -0.39 is 0 Å². The molecule has 0 aromatic carbocycles. The highest BCUT2D eigenvalue weighted by Gasteiger charge is 2.24. The molecule has 96 valence electrons. The largest absolute Gasteiger partial charge is 0.341 e. The first-order chi connectivity index (χ1) is 7.25. The first kappa shape index (κ1) is 15.4. The van der Waals surface area contributed by atoms with Gasteiger partial charge in [0, 0.05) is 13.1 Å². The predicted octanol–water partition coefficient (Wildman–Crippen LogP) is 2.11. The number of hydrogen-bond acceptors (Lipinski definition) is 2. The highest BCUT2D eigenvalue weighted by molar-refractivity contribution is 5.81. The van der Waals surface area contributed by atoms with E-state index in [0.29, 0.717) is 11.8 Å². The number of amides is 1. The molecular formula is C13H28N2O. The highest BCUT2D eigenvalue weighted by Crippen LogP contribution is 2.09. The minimum atomic E-state index is -0.363. The Morgan fingerprint density at radius 3 is 1.62 bits per heavy atom. The molecule has 0 aliphatic rings. The molecule has 2 N–H and O–H groups in total. The van der Waals surface area contributed by atoms with E-state index in [9.17, 15) is 4.79 Å². The van der Waals surface area contributed by atoms with Crippen molar-refractivity contribution >= 4 is 5.91 Å². The Kier molecular flexibility index (Phi) is 6.65. The van der Waals surface area contributed by atoms with Crippen LogP contribution in [0, 0.1) is 17.8 Å². The van der Waals surface area contributed by atoms with Gasteiger partial charge < -0.3 is 10.6 Å². The van der Waals surface area contributed by atoms with Crippen LogP contribution in [0.3, 0.4) is 0 Å². The van der Waals surface area contributed by atoms with Crippen molar-refractivity contribution in [3.05, 3.63) is 0 Å². The van der Waals surface area contributed by atoms with Gasteiger partial charge in [0.2, 0.25) is 5.91 Å². The van der Waals surface area contributed by atoms with Crippen molar-refractivity contribution in [2.24, 2.45) is 23.5 Å². The van der Waals surface area contributed by atoms with Crippen molar-refractivity contribution < 1.29 is 4.79 Å². The summed E-state index contributed by atoms with van der Waals surface area (Å²) in [5, 5.41) is 0. The predicted molar refractivity (Wildman–Crippen MR) is 69.1 cm³/mol. The summed E-state index contributed by atoms with van der Waals surface area (Å²) in [6, 6.07) is -0.363. The number of nitrogens with zero attached hydrogens (tertiary/aromatic N) is 1. The summed E-state index contributed by atoms with van der Waals surface area (Å²) in [5.41, 5.74) is 5.92. The maximum atomic E-state index is 12.2. The van der Waals surface area contributed by atoms with Gasteiger partial charge in [0.05, 0.1) is 6.04 Å². The molecule has 0 fully saturated rings. The zero-order valence-electron chi connectivity index (χ0n) is 11.7. The third-order valence-electron chi connectivity index (χ3n) is 2.49. The average molecular weight is 228 g/mol. The lowest BCUT2D eigenvalue weighted by molar-refractivity contribution is -0.134. The molecule has 0 rings (SSSR count). The summed E-state index contributed by atoms with van der Waals surface area (Å²) in [6.07, 6.45) is 0. The van der Waals surface area contributed by atoms with Gasteiger partial charge in [0.1, 0.15) is 0 Å². The van der Waals surface area contributed by atoms with Crippen molar-refractivity contribution in [2.45, 2.75) is 47.6 Å². The molecule has 1 amide bonds. The second-order valence-corrected chi connectivity index (χ2v) is 5.80. The van der Waals surface area contributed by atoms with Crippen LogP contribution in [0.2, 0.25) is 0 Å².